The molecule has 0 saturated heterocycles. The van der Waals surface area contributed by atoms with Crippen molar-refractivity contribution in [3.63, 3.8) is 0 Å². The Balaban J connectivity index is 3.14. The van der Waals surface area contributed by atoms with Gasteiger partial charge in [0, 0.05) is 0 Å². The van der Waals surface area contributed by atoms with Crippen molar-refractivity contribution in [3.8, 4) is 0 Å². The van der Waals surface area contributed by atoms with E-state index in [1.807, 2.05) is 12.2 Å². The van der Waals surface area contributed by atoms with Gasteiger partial charge in [0.05, 0.1) is 13.2 Å². The molecule has 0 bridgehead atoms. The van der Waals surface area contributed by atoms with Crippen molar-refractivity contribution in [1.82, 2.24) is 0 Å². The standard InChI is InChI=1S/C12H20O6/c13-11(14)17-9-7-5-3-1-2-4-6-8-10-18-12(15)16/h1-2H,3-10H2,(H,13,14)(H,15,16). The van der Waals surface area contributed by atoms with Gasteiger partial charge in [-0.25, -0.2) is 9.59 Å². The lowest BCUT2D eigenvalue weighted by atomic mass is 10.2. The number of rotatable bonds is 10. The molecule has 0 aromatic heterocycles. The van der Waals surface area contributed by atoms with Crippen molar-refractivity contribution in [2.24, 2.45) is 0 Å². The first-order valence-electron chi connectivity index (χ1n) is 5.99. The lowest BCUT2D eigenvalue weighted by Gasteiger charge is -1.99. The Morgan fingerprint density at radius 3 is 1.50 bits per heavy atom. The second-order valence-electron chi connectivity index (χ2n) is 3.69. The van der Waals surface area contributed by atoms with E-state index in [0.29, 0.717) is 0 Å². The number of carbonyl (C=O) groups is 2. The Labute approximate surface area is 106 Å². The normalized spacial score (nSPS) is 10.4. The van der Waals surface area contributed by atoms with Crippen LogP contribution in [0.2, 0.25) is 0 Å². The molecule has 0 atom stereocenters. The molecule has 0 amide bonds. The number of allylic oxidation sites excluding steroid dienone is 2. The minimum absolute atomic E-state index is 0.246. The molecule has 0 saturated carbocycles. The summed E-state index contributed by atoms with van der Waals surface area (Å²) in [7, 11) is 0. The number of hydrogen-bond donors (Lipinski definition) is 2. The third kappa shape index (κ3) is 14.3. The molecule has 6 heteroatoms. The molecular weight excluding hydrogens is 240 g/mol. The van der Waals surface area contributed by atoms with Crippen molar-refractivity contribution >= 4 is 12.3 Å². The molecule has 0 aromatic rings. The predicted molar refractivity (Wildman–Crippen MR) is 64.8 cm³/mol. The smallest absolute Gasteiger partial charge is 0.450 e. The summed E-state index contributed by atoms with van der Waals surface area (Å²) in [5, 5.41) is 16.4. The fourth-order valence-corrected chi connectivity index (χ4v) is 1.28. The predicted octanol–water partition coefficient (Wildman–Crippen LogP) is 3.27. The fourth-order valence-electron chi connectivity index (χ4n) is 1.28. The topological polar surface area (TPSA) is 93.1 Å². The maximum absolute atomic E-state index is 10.0. The summed E-state index contributed by atoms with van der Waals surface area (Å²) in [6.07, 6.45) is 6.66. The van der Waals surface area contributed by atoms with Crippen LogP contribution in [0.3, 0.4) is 0 Å². The second-order valence-corrected chi connectivity index (χ2v) is 3.69. The van der Waals surface area contributed by atoms with E-state index < -0.39 is 12.3 Å². The maximum Gasteiger partial charge on any atom is 0.505 e. The SMILES string of the molecule is O=C(O)OCCCCC=CCCCCOC(=O)O. The summed E-state index contributed by atoms with van der Waals surface area (Å²) in [6, 6.07) is 0. The van der Waals surface area contributed by atoms with E-state index in [-0.39, 0.29) is 13.2 Å². The molecule has 0 spiro atoms. The van der Waals surface area contributed by atoms with Crippen LogP contribution in [-0.2, 0) is 9.47 Å². The van der Waals surface area contributed by atoms with Gasteiger partial charge in [-0.1, -0.05) is 12.2 Å². The quantitative estimate of drug-likeness (QED) is 0.355. The van der Waals surface area contributed by atoms with Crippen LogP contribution in [-0.4, -0.2) is 35.7 Å². The number of carboxylic acid groups (broad SMARTS) is 2. The first kappa shape index (κ1) is 16.3. The van der Waals surface area contributed by atoms with Crippen LogP contribution in [0.5, 0.6) is 0 Å². The summed E-state index contributed by atoms with van der Waals surface area (Å²) < 4.78 is 8.73. The average Bonchev–Trinajstić information content (AvgIpc) is 2.29. The highest BCUT2D eigenvalue weighted by Crippen LogP contribution is 2.01. The zero-order valence-electron chi connectivity index (χ0n) is 10.3. The minimum Gasteiger partial charge on any atom is -0.450 e. The molecule has 0 radical (unpaired) electrons. The van der Waals surface area contributed by atoms with Crippen molar-refractivity contribution in [2.45, 2.75) is 38.5 Å². The molecule has 0 heterocycles. The van der Waals surface area contributed by atoms with Crippen LogP contribution >= 0.6 is 0 Å². The van der Waals surface area contributed by atoms with Crippen LogP contribution in [0.1, 0.15) is 38.5 Å². The third-order valence-corrected chi connectivity index (χ3v) is 2.15. The van der Waals surface area contributed by atoms with Gasteiger partial charge >= 0.3 is 12.3 Å². The first-order valence-corrected chi connectivity index (χ1v) is 5.99. The maximum atomic E-state index is 10.0. The molecule has 0 aliphatic carbocycles. The van der Waals surface area contributed by atoms with E-state index in [1.165, 1.54) is 0 Å². The monoisotopic (exact) mass is 260 g/mol. The number of unbranched alkanes of at least 4 members (excludes halogenated alkanes) is 4. The van der Waals surface area contributed by atoms with Crippen LogP contribution in [0, 0.1) is 0 Å². The average molecular weight is 260 g/mol. The highest BCUT2D eigenvalue weighted by molar-refractivity contribution is 5.56. The van der Waals surface area contributed by atoms with Gasteiger partial charge < -0.3 is 19.7 Å². The first-order chi connectivity index (χ1) is 8.63. The Kier molecular flexibility index (Phi) is 10.6. The van der Waals surface area contributed by atoms with Gasteiger partial charge in [0.15, 0.2) is 0 Å². The number of hydrogen-bond acceptors (Lipinski definition) is 4. The summed E-state index contributed by atoms with van der Waals surface area (Å²) in [6.45, 7) is 0.491. The molecule has 0 fully saturated rings. The van der Waals surface area contributed by atoms with Crippen molar-refractivity contribution in [2.75, 3.05) is 13.2 Å². The Hall–Kier alpha value is -1.72. The Morgan fingerprint density at radius 2 is 1.17 bits per heavy atom. The molecular formula is C12H20O6. The van der Waals surface area contributed by atoms with Crippen molar-refractivity contribution in [1.29, 1.82) is 0 Å². The highest BCUT2D eigenvalue weighted by Gasteiger charge is 1.95. The van der Waals surface area contributed by atoms with Crippen molar-refractivity contribution in [3.05, 3.63) is 12.2 Å². The van der Waals surface area contributed by atoms with Gasteiger partial charge in [0.2, 0.25) is 0 Å². The summed E-state index contributed by atoms with van der Waals surface area (Å²) in [5.41, 5.74) is 0. The summed E-state index contributed by atoms with van der Waals surface area (Å²) >= 11 is 0. The van der Waals surface area contributed by atoms with E-state index >= 15 is 0 Å². The highest BCUT2D eigenvalue weighted by atomic mass is 16.7. The van der Waals surface area contributed by atoms with Crippen LogP contribution in [0.25, 0.3) is 0 Å². The molecule has 0 aromatic carbocycles. The second kappa shape index (κ2) is 11.8. The van der Waals surface area contributed by atoms with E-state index in [4.69, 9.17) is 10.2 Å². The van der Waals surface area contributed by atoms with Gasteiger partial charge in [-0.3, -0.25) is 0 Å². The molecule has 104 valence electrons. The van der Waals surface area contributed by atoms with Crippen LogP contribution < -0.4 is 0 Å². The van der Waals surface area contributed by atoms with E-state index in [1.54, 1.807) is 0 Å². The summed E-state index contributed by atoms with van der Waals surface area (Å²) in [5.74, 6) is 0. The van der Waals surface area contributed by atoms with Gasteiger partial charge in [0.1, 0.15) is 0 Å². The Morgan fingerprint density at radius 1 is 0.778 bits per heavy atom. The summed E-state index contributed by atoms with van der Waals surface area (Å²) in [4.78, 5) is 20.0. The van der Waals surface area contributed by atoms with E-state index in [2.05, 4.69) is 9.47 Å². The third-order valence-electron chi connectivity index (χ3n) is 2.15. The van der Waals surface area contributed by atoms with Gasteiger partial charge in [-0.15, -0.1) is 0 Å². The fraction of sp³-hybridized carbons (Fsp3) is 0.667. The lowest BCUT2D eigenvalue weighted by molar-refractivity contribution is 0.0889. The molecule has 18 heavy (non-hydrogen) atoms. The molecule has 0 unspecified atom stereocenters. The van der Waals surface area contributed by atoms with Crippen molar-refractivity contribution < 1.29 is 29.3 Å². The molecule has 0 rings (SSSR count). The lowest BCUT2D eigenvalue weighted by Crippen LogP contribution is -2.01. The molecule has 0 aliphatic heterocycles. The van der Waals surface area contributed by atoms with E-state index in [9.17, 15) is 9.59 Å². The molecule has 6 nitrogen and oxygen atoms in total. The zero-order valence-corrected chi connectivity index (χ0v) is 10.3. The van der Waals surface area contributed by atoms with Gasteiger partial charge in [-0.2, -0.15) is 0 Å². The largest absolute Gasteiger partial charge is 0.505 e. The van der Waals surface area contributed by atoms with E-state index in [0.717, 1.165) is 38.5 Å². The molecule has 0 aliphatic rings. The van der Waals surface area contributed by atoms with Gasteiger partial charge in [-0.05, 0) is 38.5 Å². The molecule has 2 N–H and O–H groups in total. The van der Waals surface area contributed by atoms with Crippen LogP contribution in [0.4, 0.5) is 9.59 Å². The van der Waals surface area contributed by atoms with Crippen LogP contribution in [0.15, 0.2) is 12.2 Å². The Bertz CT molecular complexity index is 235. The zero-order chi connectivity index (χ0) is 13.6. The minimum atomic E-state index is -1.23. The number of ether oxygens (including phenoxy) is 2. The van der Waals surface area contributed by atoms with Gasteiger partial charge in [0.25, 0.3) is 0 Å².